The zero-order chi connectivity index (χ0) is 14.6. The van der Waals surface area contributed by atoms with Crippen molar-refractivity contribution in [3.8, 4) is 0 Å². The minimum atomic E-state index is -0.408. The van der Waals surface area contributed by atoms with Gasteiger partial charge in [-0.2, -0.15) is 0 Å². The number of benzene rings is 1. The fourth-order valence-electron chi connectivity index (χ4n) is 1.60. The number of amides is 1. The molecule has 104 valence electrons. The van der Waals surface area contributed by atoms with Crippen LogP contribution in [0.15, 0.2) is 18.2 Å². The van der Waals surface area contributed by atoms with E-state index in [2.05, 4.69) is 10.6 Å². The Bertz CT molecular complexity index is 491. The van der Waals surface area contributed by atoms with E-state index in [9.17, 15) is 4.79 Å². The van der Waals surface area contributed by atoms with E-state index in [4.69, 9.17) is 29.6 Å². The first kappa shape index (κ1) is 15.7. The number of thiocarbonyl (C=S) groups is 1. The van der Waals surface area contributed by atoms with Crippen LogP contribution in [0.4, 0.5) is 5.69 Å². The monoisotopic (exact) mass is 299 g/mol. The van der Waals surface area contributed by atoms with Crippen LogP contribution in [0.1, 0.15) is 26.3 Å². The third kappa shape index (κ3) is 4.36. The number of hydrogen-bond donors (Lipinski definition) is 3. The lowest BCUT2D eigenvalue weighted by Crippen LogP contribution is -2.41. The van der Waals surface area contributed by atoms with E-state index < -0.39 is 6.04 Å². The van der Waals surface area contributed by atoms with Crippen molar-refractivity contribution in [2.45, 2.75) is 32.9 Å². The summed E-state index contributed by atoms with van der Waals surface area (Å²) in [5.74, 6) is -0.0936. The number of hydrogen-bond acceptors (Lipinski definition) is 3. The maximum atomic E-state index is 11.9. The van der Waals surface area contributed by atoms with Gasteiger partial charge < -0.3 is 16.4 Å². The fourth-order valence-corrected chi connectivity index (χ4v) is 2.16. The summed E-state index contributed by atoms with van der Waals surface area (Å²) < 4.78 is 0. The van der Waals surface area contributed by atoms with Gasteiger partial charge in [0, 0.05) is 11.7 Å². The standard InChI is InChI=1S/C13H18ClN3OS/c1-7(2)16-13(18)8(3)17-10-6-4-5-9(14)11(10)12(15)19/h4-8,17H,1-3H3,(H2,15,19)(H,16,18). The summed E-state index contributed by atoms with van der Waals surface area (Å²) in [5.41, 5.74) is 6.87. The third-order valence-electron chi connectivity index (χ3n) is 2.46. The van der Waals surface area contributed by atoms with Crippen molar-refractivity contribution < 1.29 is 4.79 Å². The Hall–Kier alpha value is -1.33. The highest BCUT2D eigenvalue weighted by atomic mass is 35.5. The predicted octanol–water partition coefficient (Wildman–Crippen LogP) is 2.30. The summed E-state index contributed by atoms with van der Waals surface area (Å²) in [4.78, 5) is 12.1. The average Bonchev–Trinajstić information content (AvgIpc) is 2.27. The SMILES string of the molecule is CC(C)NC(=O)C(C)Nc1cccc(Cl)c1C(N)=S. The second-order valence-electron chi connectivity index (χ2n) is 4.56. The topological polar surface area (TPSA) is 67.2 Å². The molecule has 0 spiro atoms. The average molecular weight is 300 g/mol. The molecule has 1 atom stereocenters. The van der Waals surface area contributed by atoms with E-state index in [1.165, 1.54) is 0 Å². The van der Waals surface area contributed by atoms with E-state index in [1.807, 2.05) is 13.8 Å². The number of carbonyl (C=O) groups excluding carboxylic acids is 1. The van der Waals surface area contributed by atoms with Crippen molar-refractivity contribution in [3.63, 3.8) is 0 Å². The first-order valence-corrected chi connectivity index (χ1v) is 6.76. The highest BCUT2D eigenvalue weighted by Gasteiger charge is 2.16. The number of rotatable bonds is 5. The Morgan fingerprint density at radius 1 is 1.37 bits per heavy atom. The molecule has 4 N–H and O–H groups in total. The molecule has 1 amide bonds. The van der Waals surface area contributed by atoms with Crippen LogP contribution >= 0.6 is 23.8 Å². The highest BCUT2D eigenvalue weighted by Crippen LogP contribution is 2.24. The van der Waals surface area contributed by atoms with Gasteiger partial charge in [-0.25, -0.2) is 0 Å². The molecule has 0 radical (unpaired) electrons. The highest BCUT2D eigenvalue weighted by molar-refractivity contribution is 7.80. The molecule has 1 aromatic rings. The number of carbonyl (C=O) groups is 1. The second-order valence-corrected chi connectivity index (χ2v) is 5.40. The Balaban J connectivity index is 2.91. The molecule has 1 unspecified atom stereocenters. The number of halogens is 1. The zero-order valence-corrected chi connectivity index (χ0v) is 12.7. The maximum Gasteiger partial charge on any atom is 0.242 e. The lowest BCUT2D eigenvalue weighted by Gasteiger charge is -2.19. The molecular weight excluding hydrogens is 282 g/mol. The van der Waals surface area contributed by atoms with Crippen LogP contribution in [0.3, 0.4) is 0 Å². The van der Waals surface area contributed by atoms with Crippen molar-refractivity contribution in [2.75, 3.05) is 5.32 Å². The van der Waals surface area contributed by atoms with Gasteiger partial charge in [-0.05, 0) is 32.9 Å². The normalized spacial score (nSPS) is 12.1. The summed E-state index contributed by atoms with van der Waals surface area (Å²) in [6, 6.07) is 4.96. The van der Waals surface area contributed by atoms with Crippen molar-refractivity contribution in [3.05, 3.63) is 28.8 Å². The van der Waals surface area contributed by atoms with Crippen molar-refractivity contribution >= 4 is 40.4 Å². The van der Waals surface area contributed by atoms with Crippen LogP contribution in [0.5, 0.6) is 0 Å². The lowest BCUT2D eigenvalue weighted by atomic mass is 10.1. The van der Waals surface area contributed by atoms with Crippen molar-refractivity contribution in [1.29, 1.82) is 0 Å². The summed E-state index contributed by atoms with van der Waals surface area (Å²) in [5, 5.41) is 6.37. The van der Waals surface area contributed by atoms with Crippen LogP contribution in [-0.2, 0) is 4.79 Å². The second kappa shape index (κ2) is 6.73. The van der Waals surface area contributed by atoms with Gasteiger partial charge in [0.05, 0.1) is 10.6 Å². The van der Waals surface area contributed by atoms with Crippen molar-refractivity contribution in [1.82, 2.24) is 5.32 Å². The minimum absolute atomic E-state index is 0.0890. The van der Waals surface area contributed by atoms with Gasteiger partial charge in [0.15, 0.2) is 0 Å². The molecule has 0 heterocycles. The molecule has 0 bridgehead atoms. The van der Waals surface area contributed by atoms with Gasteiger partial charge in [-0.15, -0.1) is 0 Å². The summed E-state index contributed by atoms with van der Waals surface area (Å²) >= 11 is 11.0. The van der Waals surface area contributed by atoms with Gasteiger partial charge in [0.25, 0.3) is 0 Å². The van der Waals surface area contributed by atoms with Crippen LogP contribution in [-0.4, -0.2) is 23.0 Å². The molecule has 0 aliphatic heterocycles. The predicted molar refractivity (Wildman–Crippen MR) is 83.7 cm³/mol. The lowest BCUT2D eigenvalue weighted by molar-refractivity contribution is -0.122. The molecule has 0 fully saturated rings. The quantitative estimate of drug-likeness (QED) is 0.730. The Labute approximate surface area is 123 Å². The van der Waals surface area contributed by atoms with Gasteiger partial charge in [-0.1, -0.05) is 29.9 Å². The summed E-state index contributed by atoms with van der Waals surface area (Å²) in [6.07, 6.45) is 0. The Kier molecular flexibility index (Phi) is 5.57. The fraction of sp³-hybridized carbons (Fsp3) is 0.385. The first-order chi connectivity index (χ1) is 8.82. The molecule has 1 rings (SSSR count). The molecular formula is C13H18ClN3OS. The van der Waals surface area contributed by atoms with Crippen LogP contribution in [0, 0.1) is 0 Å². The molecule has 6 heteroatoms. The Morgan fingerprint density at radius 2 is 2.00 bits per heavy atom. The molecule has 0 aliphatic rings. The van der Waals surface area contributed by atoms with Crippen LogP contribution in [0.25, 0.3) is 0 Å². The Morgan fingerprint density at radius 3 is 2.53 bits per heavy atom. The molecule has 19 heavy (non-hydrogen) atoms. The van der Waals surface area contributed by atoms with E-state index in [-0.39, 0.29) is 16.9 Å². The van der Waals surface area contributed by atoms with E-state index in [1.54, 1.807) is 25.1 Å². The third-order valence-corrected chi connectivity index (χ3v) is 2.98. The maximum absolute atomic E-state index is 11.9. The van der Waals surface area contributed by atoms with E-state index in [0.717, 1.165) is 0 Å². The van der Waals surface area contributed by atoms with Gasteiger partial charge in [0.2, 0.25) is 5.91 Å². The largest absolute Gasteiger partial charge is 0.389 e. The van der Waals surface area contributed by atoms with E-state index in [0.29, 0.717) is 16.3 Å². The molecule has 0 aliphatic carbocycles. The van der Waals surface area contributed by atoms with Crippen LogP contribution in [0.2, 0.25) is 5.02 Å². The molecule has 4 nitrogen and oxygen atoms in total. The van der Waals surface area contributed by atoms with Crippen LogP contribution < -0.4 is 16.4 Å². The first-order valence-electron chi connectivity index (χ1n) is 5.98. The smallest absolute Gasteiger partial charge is 0.242 e. The number of nitrogens with one attached hydrogen (secondary N) is 2. The summed E-state index contributed by atoms with van der Waals surface area (Å²) in [6.45, 7) is 5.58. The van der Waals surface area contributed by atoms with Crippen molar-refractivity contribution in [2.24, 2.45) is 5.73 Å². The van der Waals surface area contributed by atoms with Gasteiger partial charge in [0.1, 0.15) is 11.0 Å². The molecule has 0 aromatic heterocycles. The minimum Gasteiger partial charge on any atom is -0.389 e. The van der Waals surface area contributed by atoms with Gasteiger partial charge in [-0.3, -0.25) is 4.79 Å². The molecule has 0 saturated heterocycles. The summed E-state index contributed by atoms with van der Waals surface area (Å²) in [7, 11) is 0. The molecule has 1 aromatic carbocycles. The number of nitrogens with two attached hydrogens (primary N) is 1. The number of anilines is 1. The zero-order valence-electron chi connectivity index (χ0n) is 11.2. The van der Waals surface area contributed by atoms with Gasteiger partial charge >= 0.3 is 0 Å². The van der Waals surface area contributed by atoms with E-state index >= 15 is 0 Å². The molecule has 0 saturated carbocycles.